The van der Waals surface area contributed by atoms with Gasteiger partial charge in [0.25, 0.3) is 0 Å². The topological polar surface area (TPSA) is 60.2 Å². The highest BCUT2D eigenvalue weighted by Gasteiger charge is 2.31. The third kappa shape index (κ3) is 3.64. The van der Waals surface area contributed by atoms with Gasteiger partial charge in [-0.25, -0.2) is 0 Å². The second-order valence-electron chi connectivity index (χ2n) is 6.31. The molecule has 2 aliphatic rings. The SMILES string of the molecule is CCOC(c1noc([C@@H]2CCCNC2)n1)C1CCCCC1. The van der Waals surface area contributed by atoms with Gasteiger partial charge in [-0.15, -0.1) is 0 Å². The van der Waals surface area contributed by atoms with Crippen LogP contribution >= 0.6 is 0 Å². The van der Waals surface area contributed by atoms with E-state index in [2.05, 4.69) is 15.5 Å². The van der Waals surface area contributed by atoms with Crippen molar-refractivity contribution in [3.05, 3.63) is 11.7 Å². The Morgan fingerprint density at radius 2 is 2.10 bits per heavy atom. The minimum absolute atomic E-state index is 0.0179. The van der Waals surface area contributed by atoms with Crippen molar-refractivity contribution < 1.29 is 9.26 Å². The van der Waals surface area contributed by atoms with Crippen LogP contribution in [-0.4, -0.2) is 29.8 Å². The molecule has 2 atom stereocenters. The summed E-state index contributed by atoms with van der Waals surface area (Å²) in [4.78, 5) is 4.69. The van der Waals surface area contributed by atoms with Gasteiger partial charge in [-0.05, 0) is 45.1 Å². The molecule has 1 N–H and O–H groups in total. The second kappa shape index (κ2) is 7.36. The van der Waals surface area contributed by atoms with E-state index < -0.39 is 0 Å². The molecule has 5 nitrogen and oxygen atoms in total. The summed E-state index contributed by atoms with van der Waals surface area (Å²) in [6.07, 6.45) is 8.72. The maximum absolute atomic E-state index is 5.97. The highest BCUT2D eigenvalue weighted by molar-refractivity contribution is 5.00. The fraction of sp³-hybridized carbons (Fsp3) is 0.875. The Morgan fingerprint density at radius 1 is 1.24 bits per heavy atom. The largest absolute Gasteiger partial charge is 0.370 e. The van der Waals surface area contributed by atoms with E-state index in [0.717, 1.165) is 31.2 Å². The van der Waals surface area contributed by atoms with E-state index >= 15 is 0 Å². The number of ether oxygens (including phenoxy) is 1. The van der Waals surface area contributed by atoms with Crippen LogP contribution in [0.5, 0.6) is 0 Å². The number of nitrogens with one attached hydrogen (secondary N) is 1. The molecule has 118 valence electrons. The van der Waals surface area contributed by atoms with Crippen LogP contribution in [0, 0.1) is 5.92 Å². The summed E-state index contributed by atoms with van der Waals surface area (Å²) >= 11 is 0. The van der Waals surface area contributed by atoms with Crippen molar-refractivity contribution in [3.8, 4) is 0 Å². The number of aromatic nitrogens is 2. The van der Waals surface area contributed by atoms with Crippen molar-refractivity contribution in [2.75, 3.05) is 19.7 Å². The van der Waals surface area contributed by atoms with Crippen LogP contribution in [0.15, 0.2) is 4.52 Å². The monoisotopic (exact) mass is 293 g/mol. The fourth-order valence-corrected chi connectivity index (χ4v) is 3.63. The zero-order valence-corrected chi connectivity index (χ0v) is 13.0. The van der Waals surface area contributed by atoms with Gasteiger partial charge in [0.15, 0.2) is 0 Å². The lowest BCUT2D eigenvalue weighted by atomic mass is 9.85. The van der Waals surface area contributed by atoms with Crippen molar-refractivity contribution >= 4 is 0 Å². The van der Waals surface area contributed by atoms with Crippen molar-refractivity contribution in [2.45, 2.75) is 63.9 Å². The van der Waals surface area contributed by atoms with Gasteiger partial charge in [0.1, 0.15) is 6.10 Å². The molecule has 1 aromatic rings. The van der Waals surface area contributed by atoms with Crippen LogP contribution in [0.1, 0.15) is 75.6 Å². The van der Waals surface area contributed by atoms with Crippen molar-refractivity contribution in [2.24, 2.45) is 5.92 Å². The lowest BCUT2D eigenvalue weighted by molar-refractivity contribution is -0.00145. The van der Waals surface area contributed by atoms with Crippen LogP contribution in [0.4, 0.5) is 0 Å². The molecule has 0 amide bonds. The Bertz CT molecular complexity index is 423. The predicted molar refractivity (Wildman–Crippen MR) is 80.1 cm³/mol. The smallest absolute Gasteiger partial charge is 0.231 e. The van der Waals surface area contributed by atoms with Crippen LogP contribution < -0.4 is 5.32 Å². The molecule has 2 heterocycles. The molecule has 1 unspecified atom stereocenters. The fourth-order valence-electron chi connectivity index (χ4n) is 3.63. The Kier molecular flexibility index (Phi) is 5.25. The van der Waals surface area contributed by atoms with Crippen LogP contribution in [0.25, 0.3) is 0 Å². The molecule has 0 bridgehead atoms. The first-order chi connectivity index (χ1) is 10.4. The number of rotatable bonds is 5. The molecule has 1 aliphatic heterocycles. The maximum atomic E-state index is 5.97. The summed E-state index contributed by atoms with van der Waals surface area (Å²) in [5, 5.41) is 7.65. The highest BCUT2D eigenvalue weighted by atomic mass is 16.5. The Hall–Kier alpha value is -0.940. The van der Waals surface area contributed by atoms with E-state index in [9.17, 15) is 0 Å². The third-order valence-electron chi connectivity index (χ3n) is 4.78. The summed E-state index contributed by atoms with van der Waals surface area (Å²) in [5.41, 5.74) is 0. The van der Waals surface area contributed by atoms with Crippen LogP contribution in [0.2, 0.25) is 0 Å². The normalized spacial score (nSPS) is 25.9. The molecule has 0 radical (unpaired) electrons. The highest BCUT2D eigenvalue weighted by Crippen LogP contribution is 2.36. The van der Waals surface area contributed by atoms with Gasteiger partial charge in [0, 0.05) is 13.2 Å². The zero-order chi connectivity index (χ0) is 14.5. The summed E-state index contributed by atoms with van der Waals surface area (Å²) in [6, 6.07) is 0. The molecule has 5 heteroatoms. The lowest BCUT2D eigenvalue weighted by Gasteiger charge is -2.27. The van der Waals surface area contributed by atoms with Gasteiger partial charge in [0.2, 0.25) is 11.7 Å². The first-order valence-electron chi connectivity index (χ1n) is 8.54. The molecule has 1 aromatic heterocycles. The number of nitrogens with zero attached hydrogens (tertiary/aromatic N) is 2. The van der Waals surface area contributed by atoms with Gasteiger partial charge in [0.05, 0.1) is 5.92 Å². The summed E-state index contributed by atoms with van der Waals surface area (Å²) in [6.45, 7) is 4.80. The first kappa shape index (κ1) is 15.0. The number of hydrogen-bond acceptors (Lipinski definition) is 5. The quantitative estimate of drug-likeness (QED) is 0.903. The average molecular weight is 293 g/mol. The van der Waals surface area contributed by atoms with E-state index in [1.54, 1.807) is 0 Å². The van der Waals surface area contributed by atoms with Crippen LogP contribution in [0.3, 0.4) is 0 Å². The molecule has 1 saturated carbocycles. The second-order valence-corrected chi connectivity index (χ2v) is 6.31. The number of piperidine rings is 1. The molecule has 1 saturated heterocycles. The molecule has 1 aliphatic carbocycles. The Labute approximate surface area is 126 Å². The number of hydrogen-bond donors (Lipinski definition) is 1. The predicted octanol–water partition coefficient (Wildman–Crippen LogP) is 3.19. The Balaban J connectivity index is 1.71. The van der Waals surface area contributed by atoms with Gasteiger partial charge in [-0.1, -0.05) is 24.4 Å². The molecule has 0 spiro atoms. The molecule has 0 aromatic carbocycles. The zero-order valence-electron chi connectivity index (χ0n) is 13.0. The first-order valence-corrected chi connectivity index (χ1v) is 8.54. The van der Waals surface area contributed by atoms with E-state index in [0.29, 0.717) is 18.4 Å². The molecule has 2 fully saturated rings. The summed E-state index contributed by atoms with van der Waals surface area (Å²) < 4.78 is 11.5. The molecule has 3 rings (SSSR count). The van der Waals surface area contributed by atoms with E-state index in [-0.39, 0.29) is 6.10 Å². The Morgan fingerprint density at radius 3 is 2.81 bits per heavy atom. The van der Waals surface area contributed by atoms with Gasteiger partial charge >= 0.3 is 0 Å². The van der Waals surface area contributed by atoms with Crippen LogP contribution in [-0.2, 0) is 4.74 Å². The minimum Gasteiger partial charge on any atom is -0.370 e. The van der Waals surface area contributed by atoms with Crippen molar-refractivity contribution in [3.63, 3.8) is 0 Å². The van der Waals surface area contributed by atoms with Crippen molar-refractivity contribution in [1.82, 2.24) is 15.5 Å². The third-order valence-corrected chi connectivity index (χ3v) is 4.78. The van der Waals surface area contributed by atoms with E-state index in [1.807, 2.05) is 6.92 Å². The van der Waals surface area contributed by atoms with Gasteiger partial charge in [-0.3, -0.25) is 0 Å². The minimum atomic E-state index is 0.0179. The molecule has 21 heavy (non-hydrogen) atoms. The van der Waals surface area contributed by atoms with Crippen molar-refractivity contribution in [1.29, 1.82) is 0 Å². The maximum Gasteiger partial charge on any atom is 0.231 e. The molecular formula is C16H27N3O2. The summed E-state index contributed by atoms with van der Waals surface area (Å²) in [7, 11) is 0. The lowest BCUT2D eigenvalue weighted by Crippen LogP contribution is -2.28. The van der Waals surface area contributed by atoms with E-state index in [4.69, 9.17) is 9.26 Å². The molecular weight excluding hydrogens is 266 g/mol. The van der Waals surface area contributed by atoms with Gasteiger partial charge in [-0.2, -0.15) is 4.98 Å². The summed E-state index contributed by atoms with van der Waals surface area (Å²) in [5.74, 6) is 2.48. The average Bonchev–Trinajstić information content (AvgIpc) is 3.04. The van der Waals surface area contributed by atoms with E-state index in [1.165, 1.54) is 38.5 Å². The standard InChI is InChI=1S/C16H27N3O2/c1-2-20-14(12-7-4-3-5-8-12)15-18-16(21-19-15)13-9-6-10-17-11-13/h12-14,17H,2-11H2,1H3/t13-,14?/m1/s1. The van der Waals surface area contributed by atoms with Gasteiger partial charge < -0.3 is 14.6 Å².